The first-order valence-corrected chi connectivity index (χ1v) is 7.35. The molecule has 1 aliphatic carbocycles. The van der Waals surface area contributed by atoms with Gasteiger partial charge >= 0.3 is 0 Å². The summed E-state index contributed by atoms with van der Waals surface area (Å²) in [7, 11) is 0. The molecule has 2 aliphatic rings. The van der Waals surface area contributed by atoms with Crippen molar-refractivity contribution in [3.63, 3.8) is 0 Å². The Balaban J connectivity index is 1.69. The Labute approximate surface area is 113 Å². The van der Waals surface area contributed by atoms with Crippen LogP contribution in [0.2, 0.25) is 0 Å². The van der Waals surface area contributed by atoms with Gasteiger partial charge in [0.1, 0.15) is 0 Å². The fourth-order valence-electron chi connectivity index (χ4n) is 3.53. The average molecular weight is 256 g/mol. The Bertz CT molecular complexity index is 583. The van der Waals surface area contributed by atoms with Gasteiger partial charge in [0.15, 0.2) is 0 Å². The summed E-state index contributed by atoms with van der Waals surface area (Å²) in [5.41, 5.74) is 4.22. The van der Waals surface area contributed by atoms with E-state index in [4.69, 9.17) is 4.74 Å². The standard InChI is InChI=1S/C16H20N2O/c1-2-6-14-12(4-1)13-5-3-7-15(16(13)18-14)17-11-8-9-19-10-11/h1-2,4,6,11,15,17-18H,3,5,7-10H2. The molecule has 1 saturated heterocycles. The van der Waals surface area contributed by atoms with Crippen LogP contribution in [-0.2, 0) is 11.2 Å². The van der Waals surface area contributed by atoms with Crippen LogP contribution in [0.4, 0.5) is 0 Å². The van der Waals surface area contributed by atoms with Gasteiger partial charge in [-0.25, -0.2) is 0 Å². The largest absolute Gasteiger partial charge is 0.380 e. The van der Waals surface area contributed by atoms with Crippen molar-refractivity contribution in [1.29, 1.82) is 0 Å². The molecule has 1 aliphatic heterocycles. The zero-order valence-corrected chi connectivity index (χ0v) is 11.1. The number of fused-ring (bicyclic) bond motifs is 3. The van der Waals surface area contributed by atoms with E-state index in [1.165, 1.54) is 41.4 Å². The van der Waals surface area contributed by atoms with Crippen molar-refractivity contribution in [1.82, 2.24) is 10.3 Å². The van der Waals surface area contributed by atoms with E-state index >= 15 is 0 Å². The number of aromatic nitrogens is 1. The second kappa shape index (κ2) is 4.66. The number of aryl methyl sites for hydroxylation is 1. The summed E-state index contributed by atoms with van der Waals surface area (Å²) in [6, 6.07) is 9.68. The third-order valence-electron chi connectivity index (χ3n) is 4.48. The van der Waals surface area contributed by atoms with E-state index in [2.05, 4.69) is 34.6 Å². The third-order valence-corrected chi connectivity index (χ3v) is 4.48. The number of hydrogen-bond donors (Lipinski definition) is 2. The average Bonchev–Trinajstić information content (AvgIpc) is 3.06. The maximum absolute atomic E-state index is 5.47. The number of para-hydroxylation sites is 1. The summed E-state index contributed by atoms with van der Waals surface area (Å²) >= 11 is 0. The fraction of sp³-hybridized carbons (Fsp3) is 0.500. The molecule has 1 fully saturated rings. The number of rotatable bonds is 2. The molecular weight excluding hydrogens is 236 g/mol. The topological polar surface area (TPSA) is 37.0 Å². The van der Waals surface area contributed by atoms with E-state index in [0.717, 1.165) is 19.6 Å². The molecule has 2 aromatic rings. The van der Waals surface area contributed by atoms with E-state index < -0.39 is 0 Å². The van der Waals surface area contributed by atoms with Crippen molar-refractivity contribution in [3.05, 3.63) is 35.5 Å². The first-order valence-electron chi connectivity index (χ1n) is 7.35. The highest BCUT2D eigenvalue weighted by Gasteiger charge is 2.27. The second-order valence-corrected chi connectivity index (χ2v) is 5.73. The number of aromatic amines is 1. The summed E-state index contributed by atoms with van der Waals surface area (Å²) in [5, 5.41) is 5.19. The zero-order chi connectivity index (χ0) is 12.7. The molecular formula is C16H20N2O. The SMILES string of the molecule is c1ccc2c3c([nH]c2c1)C(NC1CCOC1)CCC3. The lowest BCUT2D eigenvalue weighted by Crippen LogP contribution is -2.35. The summed E-state index contributed by atoms with van der Waals surface area (Å²) in [6.07, 6.45) is 4.86. The minimum absolute atomic E-state index is 0.475. The molecule has 0 saturated carbocycles. The first kappa shape index (κ1) is 11.5. The van der Waals surface area contributed by atoms with Gasteiger partial charge in [-0.2, -0.15) is 0 Å². The van der Waals surface area contributed by atoms with Crippen LogP contribution < -0.4 is 5.32 Å². The molecule has 0 radical (unpaired) electrons. The summed E-state index contributed by atoms with van der Waals surface area (Å²) in [4.78, 5) is 3.64. The summed E-state index contributed by atoms with van der Waals surface area (Å²) in [6.45, 7) is 1.77. The maximum atomic E-state index is 5.47. The Hall–Kier alpha value is -1.32. The molecule has 2 unspecified atom stereocenters. The van der Waals surface area contributed by atoms with Gasteiger partial charge in [0, 0.05) is 35.3 Å². The van der Waals surface area contributed by atoms with Crippen molar-refractivity contribution in [2.45, 2.75) is 37.8 Å². The molecule has 2 N–H and O–H groups in total. The van der Waals surface area contributed by atoms with E-state index in [-0.39, 0.29) is 0 Å². The van der Waals surface area contributed by atoms with Crippen LogP contribution in [0.1, 0.15) is 36.6 Å². The predicted molar refractivity (Wildman–Crippen MR) is 76.3 cm³/mol. The van der Waals surface area contributed by atoms with E-state index in [9.17, 15) is 0 Å². The molecule has 4 rings (SSSR count). The van der Waals surface area contributed by atoms with E-state index in [1.54, 1.807) is 0 Å². The Kier molecular flexibility index (Phi) is 2.82. The van der Waals surface area contributed by atoms with Crippen LogP contribution in [0.15, 0.2) is 24.3 Å². The highest BCUT2D eigenvalue weighted by molar-refractivity contribution is 5.85. The van der Waals surface area contributed by atoms with Crippen molar-refractivity contribution < 1.29 is 4.74 Å². The molecule has 2 atom stereocenters. The van der Waals surface area contributed by atoms with Gasteiger partial charge in [-0.1, -0.05) is 18.2 Å². The normalized spacial score (nSPS) is 26.7. The van der Waals surface area contributed by atoms with Gasteiger partial charge in [-0.3, -0.25) is 0 Å². The number of nitrogens with one attached hydrogen (secondary N) is 2. The van der Waals surface area contributed by atoms with Gasteiger partial charge in [0.25, 0.3) is 0 Å². The predicted octanol–water partition coefficient (Wildman–Crippen LogP) is 2.92. The van der Waals surface area contributed by atoms with Crippen molar-refractivity contribution in [2.75, 3.05) is 13.2 Å². The molecule has 3 heteroatoms. The molecule has 2 heterocycles. The monoisotopic (exact) mass is 256 g/mol. The molecule has 19 heavy (non-hydrogen) atoms. The lowest BCUT2D eigenvalue weighted by molar-refractivity contribution is 0.187. The summed E-state index contributed by atoms with van der Waals surface area (Å²) < 4.78 is 5.47. The third kappa shape index (κ3) is 1.97. The molecule has 0 amide bonds. The van der Waals surface area contributed by atoms with E-state index in [1.807, 2.05) is 0 Å². The van der Waals surface area contributed by atoms with Gasteiger partial charge in [0.05, 0.1) is 6.61 Å². The van der Waals surface area contributed by atoms with Crippen LogP contribution in [0, 0.1) is 0 Å². The zero-order valence-electron chi connectivity index (χ0n) is 11.1. The first-order chi connectivity index (χ1) is 9.42. The quantitative estimate of drug-likeness (QED) is 0.867. The van der Waals surface area contributed by atoms with Crippen LogP contribution in [0.5, 0.6) is 0 Å². The second-order valence-electron chi connectivity index (χ2n) is 5.73. The minimum atomic E-state index is 0.475. The Morgan fingerprint density at radius 2 is 2.16 bits per heavy atom. The molecule has 1 aromatic heterocycles. The highest BCUT2D eigenvalue weighted by Crippen LogP contribution is 2.35. The van der Waals surface area contributed by atoms with E-state index in [0.29, 0.717) is 12.1 Å². The minimum Gasteiger partial charge on any atom is -0.380 e. The fourth-order valence-corrected chi connectivity index (χ4v) is 3.53. The highest BCUT2D eigenvalue weighted by atomic mass is 16.5. The molecule has 100 valence electrons. The molecule has 1 aromatic carbocycles. The van der Waals surface area contributed by atoms with Crippen molar-refractivity contribution >= 4 is 10.9 Å². The van der Waals surface area contributed by atoms with Gasteiger partial charge in [-0.15, -0.1) is 0 Å². The lowest BCUT2D eigenvalue weighted by Gasteiger charge is -2.26. The summed E-state index contributed by atoms with van der Waals surface area (Å²) in [5.74, 6) is 0. The maximum Gasteiger partial charge on any atom is 0.0620 e. The van der Waals surface area contributed by atoms with Gasteiger partial charge in [-0.05, 0) is 37.3 Å². The van der Waals surface area contributed by atoms with Crippen molar-refractivity contribution in [3.8, 4) is 0 Å². The number of hydrogen-bond acceptors (Lipinski definition) is 2. The van der Waals surface area contributed by atoms with Crippen LogP contribution >= 0.6 is 0 Å². The van der Waals surface area contributed by atoms with Crippen molar-refractivity contribution in [2.24, 2.45) is 0 Å². The number of H-pyrrole nitrogens is 1. The number of ether oxygens (including phenoxy) is 1. The number of benzene rings is 1. The van der Waals surface area contributed by atoms with Crippen LogP contribution in [0.3, 0.4) is 0 Å². The Morgan fingerprint density at radius 3 is 3.05 bits per heavy atom. The van der Waals surface area contributed by atoms with Crippen LogP contribution in [0.25, 0.3) is 10.9 Å². The lowest BCUT2D eigenvalue weighted by atomic mass is 9.91. The molecule has 0 spiro atoms. The van der Waals surface area contributed by atoms with Gasteiger partial charge < -0.3 is 15.0 Å². The van der Waals surface area contributed by atoms with Gasteiger partial charge in [0.2, 0.25) is 0 Å². The van der Waals surface area contributed by atoms with Crippen LogP contribution in [-0.4, -0.2) is 24.2 Å². The molecule has 0 bridgehead atoms. The Morgan fingerprint density at radius 1 is 1.21 bits per heavy atom. The molecule has 3 nitrogen and oxygen atoms in total. The smallest absolute Gasteiger partial charge is 0.0620 e.